The van der Waals surface area contributed by atoms with Crippen molar-refractivity contribution in [3.05, 3.63) is 83.2 Å². The Labute approximate surface area is 229 Å². The van der Waals surface area contributed by atoms with Gasteiger partial charge in [-0.15, -0.1) is 0 Å². The van der Waals surface area contributed by atoms with E-state index in [4.69, 9.17) is 14.2 Å². The second kappa shape index (κ2) is 11.4. The van der Waals surface area contributed by atoms with Crippen molar-refractivity contribution in [2.24, 2.45) is 11.3 Å². The van der Waals surface area contributed by atoms with Gasteiger partial charge in [-0.3, -0.25) is 4.79 Å². The molecule has 1 heterocycles. The minimum absolute atomic E-state index is 0.0102. The lowest BCUT2D eigenvalue weighted by atomic mass is 9.79. The minimum atomic E-state index is -0.774. The van der Waals surface area contributed by atoms with E-state index in [0.29, 0.717) is 36.2 Å². The Morgan fingerprint density at radius 2 is 1.90 bits per heavy atom. The number of hydrogen-bond acceptors (Lipinski definition) is 4. The summed E-state index contributed by atoms with van der Waals surface area (Å²) in [6, 6.07) is 18.6. The van der Waals surface area contributed by atoms with Crippen LogP contribution in [0.25, 0.3) is 11.1 Å². The molecular formula is C33H37FO5. The van der Waals surface area contributed by atoms with Crippen molar-refractivity contribution in [3.8, 4) is 22.6 Å². The molecule has 2 aliphatic rings. The highest BCUT2D eigenvalue weighted by molar-refractivity contribution is 5.71. The quantitative estimate of drug-likeness (QED) is 0.272. The van der Waals surface area contributed by atoms with Crippen LogP contribution in [0.4, 0.5) is 4.39 Å². The molecule has 1 aliphatic carbocycles. The Hall–Kier alpha value is -3.38. The van der Waals surface area contributed by atoms with Crippen LogP contribution in [-0.2, 0) is 16.1 Å². The van der Waals surface area contributed by atoms with Crippen molar-refractivity contribution in [2.45, 2.75) is 64.6 Å². The van der Waals surface area contributed by atoms with Crippen molar-refractivity contribution in [1.29, 1.82) is 0 Å². The normalized spacial score (nSPS) is 19.0. The number of rotatable bonds is 11. The highest BCUT2D eigenvalue weighted by Crippen LogP contribution is 2.48. The van der Waals surface area contributed by atoms with E-state index in [1.54, 1.807) is 19.2 Å². The van der Waals surface area contributed by atoms with Crippen LogP contribution in [0.15, 0.2) is 60.7 Å². The van der Waals surface area contributed by atoms with E-state index in [9.17, 15) is 9.90 Å². The minimum Gasteiger partial charge on any atom is -0.497 e. The van der Waals surface area contributed by atoms with Crippen molar-refractivity contribution in [3.63, 3.8) is 0 Å². The molecule has 206 valence electrons. The van der Waals surface area contributed by atoms with Gasteiger partial charge in [0.05, 0.1) is 19.6 Å². The predicted molar refractivity (Wildman–Crippen MR) is 149 cm³/mol. The van der Waals surface area contributed by atoms with Gasteiger partial charge in [-0.25, -0.2) is 4.39 Å². The Bertz CT molecular complexity index is 1330. The zero-order valence-corrected chi connectivity index (χ0v) is 22.9. The lowest BCUT2D eigenvalue weighted by molar-refractivity contribution is -0.137. The summed E-state index contributed by atoms with van der Waals surface area (Å²) in [6.45, 7) is 5.35. The molecule has 5 rings (SSSR count). The summed E-state index contributed by atoms with van der Waals surface area (Å²) in [5.41, 5.74) is 4.06. The molecule has 2 fully saturated rings. The molecule has 5 nitrogen and oxygen atoms in total. The summed E-state index contributed by atoms with van der Waals surface area (Å²) in [7, 11) is 1.58. The van der Waals surface area contributed by atoms with Crippen LogP contribution in [0.3, 0.4) is 0 Å². The van der Waals surface area contributed by atoms with Gasteiger partial charge in [0, 0.05) is 12.2 Å². The van der Waals surface area contributed by atoms with Gasteiger partial charge in [0.1, 0.15) is 23.9 Å². The van der Waals surface area contributed by atoms with E-state index in [2.05, 4.69) is 19.9 Å². The summed E-state index contributed by atoms with van der Waals surface area (Å²) in [4.78, 5) is 11.5. The number of hydrogen-bond donors (Lipinski definition) is 1. The number of halogens is 1. The van der Waals surface area contributed by atoms with Crippen LogP contribution in [0, 0.1) is 17.2 Å². The number of carbonyl (C=O) groups is 1. The summed E-state index contributed by atoms with van der Waals surface area (Å²) in [5.74, 6) is 0.843. The van der Waals surface area contributed by atoms with Crippen LogP contribution >= 0.6 is 0 Å². The Kier molecular flexibility index (Phi) is 7.94. The molecule has 0 spiro atoms. The summed E-state index contributed by atoms with van der Waals surface area (Å²) >= 11 is 0. The SMILES string of the molecule is COc1ccc(F)c(-c2ccc(COc3cccc([C@H](CC(=O)O)CC4CC4)c3)cc2[C@@H]2OCCC2(C)C)c1. The first-order valence-corrected chi connectivity index (χ1v) is 13.8. The average molecular weight is 533 g/mol. The van der Waals surface area contributed by atoms with Gasteiger partial charge in [0.15, 0.2) is 0 Å². The van der Waals surface area contributed by atoms with Crippen molar-refractivity contribution >= 4 is 5.97 Å². The molecule has 0 unspecified atom stereocenters. The van der Waals surface area contributed by atoms with Gasteiger partial charge >= 0.3 is 5.97 Å². The van der Waals surface area contributed by atoms with E-state index >= 15 is 4.39 Å². The van der Waals surface area contributed by atoms with Crippen LogP contribution in [-0.4, -0.2) is 24.8 Å². The molecule has 3 aromatic rings. The maximum Gasteiger partial charge on any atom is 0.303 e. The van der Waals surface area contributed by atoms with Gasteiger partial charge in [-0.2, -0.15) is 0 Å². The maximum atomic E-state index is 15.0. The Balaban J connectivity index is 1.41. The molecule has 0 radical (unpaired) electrons. The molecule has 1 N–H and O–H groups in total. The van der Waals surface area contributed by atoms with Crippen molar-refractivity contribution < 1.29 is 28.5 Å². The van der Waals surface area contributed by atoms with Gasteiger partial charge in [-0.1, -0.05) is 51.0 Å². The highest BCUT2D eigenvalue weighted by Gasteiger charge is 2.38. The lowest BCUT2D eigenvalue weighted by Crippen LogP contribution is -2.17. The molecule has 1 saturated heterocycles. The highest BCUT2D eigenvalue weighted by atomic mass is 19.1. The summed E-state index contributed by atoms with van der Waals surface area (Å²) in [5, 5.41) is 9.43. The monoisotopic (exact) mass is 532 g/mol. The fourth-order valence-corrected chi connectivity index (χ4v) is 5.64. The Morgan fingerprint density at radius 3 is 2.59 bits per heavy atom. The third-order valence-electron chi connectivity index (χ3n) is 8.07. The number of carboxylic acid groups (broad SMARTS) is 1. The van der Waals surface area contributed by atoms with Crippen LogP contribution in [0.5, 0.6) is 11.5 Å². The summed E-state index contributed by atoms with van der Waals surface area (Å²) < 4.78 is 32.8. The first-order chi connectivity index (χ1) is 18.7. The second-order valence-corrected chi connectivity index (χ2v) is 11.6. The molecule has 3 aromatic carbocycles. The zero-order chi connectivity index (χ0) is 27.6. The number of ether oxygens (including phenoxy) is 3. The number of methoxy groups -OCH3 is 1. The van der Waals surface area contributed by atoms with Gasteiger partial charge in [0.2, 0.25) is 0 Å². The third kappa shape index (κ3) is 6.44. The van der Waals surface area contributed by atoms with Crippen LogP contribution in [0.1, 0.15) is 74.7 Å². The van der Waals surface area contributed by atoms with Gasteiger partial charge < -0.3 is 19.3 Å². The molecule has 0 amide bonds. The van der Waals surface area contributed by atoms with E-state index < -0.39 is 5.97 Å². The number of aliphatic carboxylic acids is 1. The zero-order valence-electron chi connectivity index (χ0n) is 22.9. The lowest BCUT2D eigenvalue weighted by Gasteiger charge is -2.28. The van der Waals surface area contributed by atoms with E-state index in [1.165, 1.54) is 18.9 Å². The maximum absolute atomic E-state index is 15.0. The number of carboxylic acids is 1. The molecule has 0 aromatic heterocycles. The molecule has 1 aliphatic heterocycles. The molecule has 6 heteroatoms. The molecular weight excluding hydrogens is 495 g/mol. The van der Waals surface area contributed by atoms with Crippen molar-refractivity contribution in [2.75, 3.05) is 13.7 Å². The van der Waals surface area contributed by atoms with Gasteiger partial charge in [-0.05, 0) is 88.7 Å². The molecule has 39 heavy (non-hydrogen) atoms. The molecule has 0 bridgehead atoms. The molecule has 2 atom stereocenters. The molecule has 1 saturated carbocycles. The number of benzene rings is 3. The topological polar surface area (TPSA) is 65.0 Å². The standard InChI is InChI=1S/C33H37FO5/c1-33(2)13-14-38-32(33)29-16-22(9-11-27(29)28-19-25(37-3)10-12-30(28)34)20-39-26-6-4-5-23(17-26)24(18-31(35)36)15-21-7-8-21/h4-6,9-12,16-17,19,21,24,32H,7-8,13-15,18,20H2,1-3H3,(H,35,36)/t24-,32-/m0/s1. The fraction of sp³-hybridized carbons (Fsp3) is 0.424. The van der Waals surface area contributed by atoms with E-state index in [-0.39, 0.29) is 29.7 Å². The second-order valence-electron chi connectivity index (χ2n) is 11.6. The van der Waals surface area contributed by atoms with Crippen LogP contribution < -0.4 is 9.47 Å². The van der Waals surface area contributed by atoms with Crippen molar-refractivity contribution in [1.82, 2.24) is 0 Å². The van der Waals surface area contributed by atoms with E-state index in [1.807, 2.05) is 36.4 Å². The Morgan fingerprint density at radius 1 is 1.08 bits per heavy atom. The average Bonchev–Trinajstić information content (AvgIpc) is 3.66. The largest absolute Gasteiger partial charge is 0.497 e. The first kappa shape index (κ1) is 27.2. The third-order valence-corrected chi connectivity index (χ3v) is 8.07. The fourth-order valence-electron chi connectivity index (χ4n) is 5.64. The first-order valence-electron chi connectivity index (χ1n) is 13.8. The summed E-state index contributed by atoms with van der Waals surface area (Å²) in [6.07, 6.45) is 4.14. The predicted octanol–water partition coefficient (Wildman–Crippen LogP) is 7.93. The van der Waals surface area contributed by atoms with Crippen LogP contribution in [0.2, 0.25) is 0 Å². The van der Waals surface area contributed by atoms with E-state index in [0.717, 1.165) is 35.1 Å². The smallest absolute Gasteiger partial charge is 0.303 e. The van der Waals surface area contributed by atoms with Gasteiger partial charge in [0.25, 0.3) is 0 Å².